The SMILES string of the molecule is Cc1cccc(NC(=O)NCC(=O)N(CC(=O)N(C)c2ccccc2)c2ccccc2OCC(=O)N(C)C2CCCCC2)c1. The lowest BCUT2D eigenvalue weighted by atomic mass is 9.94. The highest BCUT2D eigenvalue weighted by Crippen LogP contribution is 2.29. The molecule has 44 heavy (non-hydrogen) atoms. The predicted octanol–water partition coefficient (Wildman–Crippen LogP) is 4.98. The number of rotatable bonds is 11. The summed E-state index contributed by atoms with van der Waals surface area (Å²) in [5.41, 5.74) is 2.56. The van der Waals surface area contributed by atoms with E-state index in [-0.39, 0.29) is 43.3 Å². The second-order valence-electron chi connectivity index (χ2n) is 11.0. The zero-order valence-electron chi connectivity index (χ0n) is 25.6. The van der Waals surface area contributed by atoms with Crippen LogP contribution >= 0.6 is 0 Å². The first-order chi connectivity index (χ1) is 21.2. The molecule has 1 aliphatic carbocycles. The van der Waals surface area contributed by atoms with E-state index in [1.165, 1.54) is 16.2 Å². The number of aryl methyl sites for hydroxylation is 1. The predicted molar refractivity (Wildman–Crippen MR) is 172 cm³/mol. The maximum absolute atomic E-state index is 13.6. The standard InChI is InChI=1S/C34H41N5O5/c1-25-13-12-14-26(21-25)36-34(43)35-22-31(40)39(23-32(41)37(2)27-15-6-4-7-16-27)29-19-10-11-20-30(29)44-24-33(42)38(3)28-17-8-5-9-18-28/h4,6-7,10-16,19-21,28H,5,8-9,17-18,22-24H2,1-3H3,(H2,35,36,43). The molecule has 5 amide bonds. The van der Waals surface area contributed by atoms with Gasteiger partial charge in [0.1, 0.15) is 12.3 Å². The number of ether oxygens (including phenoxy) is 1. The van der Waals surface area contributed by atoms with Gasteiger partial charge in [-0.15, -0.1) is 0 Å². The molecular weight excluding hydrogens is 558 g/mol. The molecule has 2 N–H and O–H groups in total. The second-order valence-corrected chi connectivity index (χ2v) is 11.0. The third-order valence-corrected chi connectivity index (χ3v) is 7.81. The topological polar surface area (TPSA) is 111 Å². The Bertz CT molecular complexity index is 1440. The van der Waals surface area contributed by atoms with Crippen LogP contribution in [-0.2, 0) is 14.4 Å². The molecule has 0 radical (unpaired) electrons. The lowest BCUT2D eigenvalue weighted by molar-refractivity contribution is -0.134. The van der Waals surface area contributed by atoms with E-state index in [0.717, 1.165) is 31.2 Å². The molecule has 0 aromatic heterocycles. The molecule has 0 saturated heterocycles. The molecule has 1 saturated carbocycles. The third-order valence-electron chi connectivity index (χ3n) is 7.81. The number of carbonyl (C=O) groups is 4. The van der Waals surface area contributed by atoms with E-state index in [2.05, 4.69) is 10.6 Å². The fourth-order valence-electron chi connectivity index (χ4n) is 5.21. The number of likely N-dealkylation sites (N-methyl/N-ethyl adjacent to an activating group) is 2. The van der Waals surface area contributed by atoms with Crippen molar-refractivity contribution in [3.63, 3.8) is 0 Å². The Kier molecular flexibility index (Phi) is 11.3. The summed E-state index contributed by atoms with van der Waals surface area (Å²) in [6, 6.07) is 22.8. The molecule has 232 valence electrons. The summed E-state index contributed by atoms with van der Waals surface area (Å²) < 4.78 is 5.97. The minimum Gasteiger partial charge on any atom is -0.482 e. The van der Waals surface area contributed by atoms with Gasteiger partial charge in [0.2, 0.25) is 11.8 Å². The molecule has 10 heteroatoms. The van der Waals surface area contributed by atoms with Crippen LogP contribution in [0.1, 0.15) is 37.7 Å². The van der Waals surface area contributed by atoms with Crippen molar-refractivity contribution in [3.05, 3.63) is 84.4 Å². The molecule has 0 bridgehead atoms. The van der Waals surface area contributed by atoms with E-state index in [4.69, 9.17) is 4.74 Å². The van der Waals surface area contributed by atoms with Crippen LogP contribution in [0.3, 0.4) is 0 Å². The molecule has 4 rings (SSSR count). The summed E-state index contributed by atoms with van der Waals surface area (Å²) in [5, 5.41) is 5.30. The molecule has 0 spiro atoms. The van der Waals surface area contributed by atoms with E-state index in [9.17, 15) is 19.2 Å². The first-order valence-corrected chi connectivity index (χ1v) is 14.9. The molecule has 0 heterocycles. The van der Waals surface area contributed by atoms with Gasteiger partial charge in [-0.2, -0.15) is 0 Å². The van der Waals surface area contributed by atoms with Crippen LogP contribution in [0.25, 0.3) is 0 Å². The molecule has 0 atom stereocenters. The monoisotopic (exact) mass is 599 g/mol. The van der Waals surface area contributed by atoms with E-state index < -0.39 is 11.9 Å². The summed E-state index contributed by atoms with van der Waals surface area (Å²) in [7, 11) is 3.44. The normalized spacial score (nSPS) is 13.0. The number of para-hydroxylation sites is 3. The smallest absolute Gasteiger partial charge is 0.319 e. The molecule has 0 aliphatic heterocycles. The van der Waals surface area contributed by atoms with Gasteiger partial charge >= 0.3 is 6.03 Å². The molecule has 1 aliphatic rings. The zero-order chi connectivity index (χ0) is 31.5. The highest BCUT2D eigenvalue weighted by Gasteiger charge is 2.26. The Balaban J connectivity index is 1.50. The van der Waals surface area contributed by atoms with Crippen molar-refractivity contribution in [2.45, 2.75) is 45.1 Å². The van der Waals surface area contributed by atoms with E-state index in [1.807, 2.05) is 43.3 Å². The van der Waals surface area contributed by atoms with Crippen molar-refractivity contribution < 1.29 is 23.9 Å². The van der Waals surface area contributed by atoms with Gasteiger partial charge in [-0.1, -0.05) is 61.7 Å². The van der Waals surface area contributed by atoms with Gasteiger partial charge in [-0.25, -0.2) is 4.79 Å². The number of carbonyl (C=O) groups excluding carboxylic acids is 4. The summed E-state index contributed by atoms with van der Waals surface area (Å²) in [6.07, 6.45) is 5.34. The third kappa shape index (κ3) is 8.82. The average molecular weight is 600 g/mol. The highest BCUT2D eigenvalue weighted by atomic mass is 16.5. The number of nitrogens with one attached hydrogen (secondary N) is 2. The number of nitrogens with zero attached hydrogens (tertiary/aromatic N) is 3. The summed E-state index contributed by atoms with van der Waals surface area (Å²) in [4.78, 5) is 57.2. The number of anilines is 3. The zero-order valence-corrected chi connectivity index (χ0v) is 25.6. The van der Waals surface area contributed by atoms with Crippen molar-refractivity contribution in [3.8, 4) is 5.75 Å². The average Bonchev–Trinajstić information content (AvgIpc) is 3.05. The van der Waals surface area contributed by atoms with Gasteiger partial charge in [0.25, 0.3) is 5.91 Å². The number of hydrogen-bond acceptors (Lipinski definition) is 5. The van der Waals surface area contributed by atoms with Crippen molar-refractivity contribution in [1.82, 2.24) is 10.2 Å². The molecule has 3 aromatic carbocycles. The van der Waals surface area contributed by atoms with Crippen molar-refractivity contribution >= 4 is 40.8 Å². The van der Waals surface area contributed by atoms with Gasteiger partial charge in [-0.05, 0) is 61.7 Å². The lowest BCUT2D eigenvalue weighted by Gasteiger charge is -2.31. The van der Waals surface area contributed by atoms with Gasteiger partial charge in [0.05, 0.1) is 12.2 Å². The fourth-order valence-corrected chi connectivity index (χ4v) is 5.21. The van der Waals surface area contributed by atoms with Crippen LogP contribution in [0.2, 0.25) is 0 Å². The van der Waals surface area contributed by atoms with Gasteiger partial charge in [0, 0.05) is 31.5 Å². The molecule has 3 aromatic rings. The second kappa shape index (κ2) is 15.6. The Hall–Kier alpha value is -4.86. The molecule has 10 nitrogen and oxygen atoms in total. The quantitative estimate of drug-likeness (QED) is 0.323. The minimum absolute atomic E-state index is 0.154. The van der Waals surface area contributed by atoms with E-state index >= 15 is 0 Å². The van der Waals surface area contributed by atoms with Crippen LogP contribution < -0.4 is 25.2 Å². The number of amides is 5. The maximum atomic E-state index is 13.6. The Morgan fingerprint density at radius 2 is 1.52 bits per heavy atom. The Morgan fingerprint density at radius 3 is 2.25 bits per heavy atom. The van der Waals surface area contributed by atoms with E-state index in [1.54, 1.807) is 61.5 Å². The van der Waals surface area contributed by atoms with Crippen LogP contribution in [0.15, 0.2) is 78.9 Å². The fraction of sp³-hybridized carbons (Fsp3) is 0.353. The maximum Gasteiger partial charge on any atom is 0.319 e. The molecule has 0 unspecified atom stereocenters. The number of urea groups is 1. The molecular formula is C34H41N5O5. The van der Waals surface area contributed by atoms with Crippen LogP contribution in [0.5, 0.6) is 5.75 Å². The largest absolute Gasteiger partial charge is 0.482 e. The van der Waals surface area contributed by atoms with Crippen LogP contribution in [-0.4, -0.2) is 68.5 Å². The first kappa shape index (κ1) is 32.1. The van der Waals surface area contributed by atoms with Gasteiger partial charge in [-0.3, -0.25) is 19.3 Å². The lowest BCUT2D eigenvalue weighted by Crippen LogP contribution is -2.46. The van der Waals surface area contributed by atoms with Crippen LogP contribution in [0.4, 0.5) is 21.9 Å². The highest BCUT2D eigenvalue weighted by molar-refractivity contribution is 6.06. The van der Waals surface area contributed by atoms with E-state index in [0.29, 0.717) is 17.1 Å². The summed E-state index contributed by atoms with van der Waals surface area (Å²) >= 11 is 0. The first-order valence-electron chi connectivity index (χ1n) is 14.9. The van der Waals surface area contributed by atoms with Crippen molar-refractivity contribution in [2.24, 2.45) is 0 Å². The summed E-state index contributed by atoms with van der Waals surface area (Å²) in [5.74, 6) is -0.748. The number of hydrogen-bond donors (Lipinski definition) is 2. The van der Waals surface area contributed by atoms with Gasteiger partial charge < -0.3 is 25.2 Å². The van der Waals surface area contributed by atoms with Crippen molar-refractivity contribution in [2.75, 3.05) is 48.9 Å². The summed E-state index contributed by atoms with van der Waals surface area (Å²) in [6.45, 7) is 1.01. The van der Waals surface area contributed by atoms with Crippen LogP contribution in [0, 0.1) is 6.92 Å². The van der Waals surface area contributed by atoms with Gasteiger partial charge in [0.15, 0.2) is 6.61 Å². The minimum atomic E-state index is -0.558. The Labute approximate surface area is 259 Å². The number of benzene rings is 3. The molecule has 1 fully saturated rings. The Morgan fingerprint density at radius 1 is 0.818 bits per heavy atom. The van der Waals surface area contributed by atoms with Crippen molar-refractivity contribution in [1.29, 1.82) is 0 Å².